The molecule has 0 bridgehead atoms. The average molecular weight is 1060 g/mol. The van der Waals surface area contributed by atoms with Gasteiger partial charge in [-0.3, -0.25) is 0 Å². The minimum atomic E-state index is -3.97. The third kappa shape index (κ3) is 10.8. The predicted octanol–water partition coefficient (Wildman–Crippen LogP) is 10.3. The van der Waals surface area contributed by atoms with Gasteiger partial charge in [0.05, 0.1) is 43.6 Å². The molecule has 0 unspecified atom stereocenters. The molecule has 0 aliphatic heterocycles. The van der Waals surface area contributed by atoms with Crippen LogP contribution in [0, 0.1) is 49.2 Å². The molecule has 14 nitrogen and oxygen atoms in total. The molecule has 6 heterocycles. The number of aliphatic hydroxyl groups is 2. The van der Waals surface area contributed by atoms with E-state index < -0.39 is 31.7 Å². The molecule has 0 saturated heterocycles. The topological polar surface area (TPSA) is 196 Å². The summed E-state index contributed by atoms with van der Waals surface area (Å²) in [5.41, 5.74) is 3.59. The third-order valence-electron chi connectivity index (χ3n) is 13.7. The SMILES string of the molecule is Cc1ccc(S(=O)(=O)n2cc(-c3ncc(F)c(C[C@H]4CCC[C@@H](CO)C4)n3)c3cc(Cl)cnc32)cc1.Cc1ccc(S(=O)(=O)n2cc(-c3ncc(F)c(C[C@H]4CCC[C@H](CO)C4)n3)c3cc(Cl)cnc32)cc1. The largest absolute Gasteiger partial charge is 0.396 e. The zero-order chi connectivity index (χ0) is 50.9. The zero-order valence-electron chi connectivity index (χ0n) is 39.5. The Kier molecular flexibility index (Phi) is 15.2. The molecule has 8 aromatic rings. The number of pyridine rings is 2. The van der Waals surface area contributed by atoms with Gasteiger partial charge in [-0.15, -0.1) is 0 Å². The van der Waals surface area contributed by atoms with Crippen molar-refractivity contribution in [2.75, 3.05) is 13.2 Å². The molecule has 20 heteroatoms. The van der Waals surface area contributed by atoms with E-state index in [1.807, 2.05) is 13.8 Å². The van der Waals surface area contributed by atoms with Crippen LogP contribution in [0.1, 0.15) is 73.9 Å². The second kappa shape index (κ2) is 21.4. The highest BCUT2D eigenvalue weighted by atomic mass is 35.5. The van der Waals surface area contributed by atoms with E-state index in [0.717, 1.165) is 82.8 Å². The quantitative estimate of drug-likeness (QED) is 0.118. The standard InChI is InChI=1S/2C26H26ClFN4O3S/c2*1-16-5-7-20(8-6-16)36(34,35)32-14-22(21-11-19(27)12-30-26(21)32)25-29-13-23(28)24(31-25)10-17-3-2-4-18(9-17)15-33/h2*5-8,11-14,17-18,33H,2-4,9-10,15H2,1H3/t17-,18+;17-,18-/m00/s1. The number of hydrogen-bond acceptors (Lipinski definition) is 12. The molecule has 10 rings (SSSR count). The van der Waals surface area contributed by atoms with Crippen molar-refractivity contribution in [1.82, 2.24) is 37.8 Å². The number of hydrogen-bond donors (Lipinski definition) is 2. The van der Waals surface area contributed by atoms with Crippen molar-refractivity contribution in [2.24, 2.45) is 23.7 Å². The van der Waals surface area contributed by atoms with Crippen LogP contribution in [-0.4, -0.2) is 78.1 Å². The Bertz CT molecular complexity index is 3280. The van der Waals surface area contributed by atoms with E-state index >= 15 is 0 Å². The van der Waals surface area contributed by atoms with Gasteiger partial charge in [0.1, 0.15) is 0 Å². The minimum absolute atomic E-state index is 0.116. The highest BCUT2D eigenvalue weighted by Gasteiger charge is 2.29. The number of aryl methyl sites for hydroxylation is 2. The van der Waals surface area contributed by atoms with Crippen LogP contribution in [0.2, 0.25) is 10.0 Å². The smallest absolute Gasteiger partial charge is 0.269 e. The van der Waals surface area contributed by atoms with Crippen molar-refractivity contribution in [2.45, 2.75) is 87.8 Å². The van der Waals surface area contributed by atoms with Crippen molar-refractivity contribution < 1.29 is 35.8 Å². The van der Waals surface area contributed by atoms with Crippen LogP contribution >= 0.6 is 23.2 Å². The van der Waals surface area contributed by atoms with E-state index in [0.29, 0.717) is 44.8 Å². The van der Waals surface area contributed by atoms with Gasteiger partial charge < -0.3 is 10.2 Å². The van der Waals surface area contributed by atoms with Crippen LogP contribution in [0.25, 0.3) is 44.8 Å². The van der Waals surface area contributed by atoms with E-state index in [9.17, 15) is 35.8 Å². The number of benzene rings is 2. The second-order valence-electron chi connectivity index (χ2n) is 18.9. The van der Waals surface area contributed by atoms with Crippen molar-refractivity contribution in [1.29, 1.82) is 0 Å². The predicted molar refractivity (Wildman–Crippen MR) is 271 cm³/mol. The van der Waals surface area contributed by atoms with E-state index in [-0.39, 0.29) is 81.0 Å². The molecule has 2 aliphatic carbocycles. The number of fused-ring (bicyclic) bond motifs is 2. The van der Waals surface area contributed by atoms with Crippen LogP contribution in [0.15, 0.2) is 108 Å². The Labute approximate surface area is 426 Å². The minimum Gasteiger partial charge on any atom is -0.396 e. The average Bonchev–Trinajstić information content (AvgIpc) is 3.95. The Morgan fingerprint density at radius 1 is 0.569 bits per heavy atom. The summed E-state index contributed by atoms with van der Waals surface area (Å²) < 4.78 is 85.7. The molecule has 6 aromatic heterocycles. The molecule has 0 spiro atoms. The van der Waals surface area contributed by atoms with E-state index in [4.69, 9.17) is 23.2 Å². The Morgan fingerprint density at radius 2 is 0.944 bits per heavy atom. The normalized spacial score (nSPS) is 18.6. The molecule has 0 radical (unpaired) electrons. The number of halogens is 4. The maximum Gasteiger partial charge on any atom is 0.269 e. The van der Waals surface area contributed by atoms with E-state index in [1.165, 1.54) is 24.8 Å². The molecular formula is C52H52Cl2F2N8O6S2. The Hall–Kier alpha value is -5.76. The van der Waals surface area contributed by atoms with Gasteiger partial charge in [0.15, 0.2) is 34.6 Å². The maximum atomic E-state index is 14.7. The molecule has 72 heavy (non-hydrogen) atoms. The molecule has 0 amide bonds. The Morgan fingerprint density at radius 3 is 1.32 bits per heavy atom. The van der Waals surface area contributed by atoms with Gasteiger partial charge >= 0.3 is 0 Å². The second-order valence-corrected chi connectivity index (χ2v) is 23.4. The van der Waals surface area contributed by atoms with Crippen LogP contribution in [0.5, 0.6) is 0 Å². The van der Waals surface area contributed by atoms with E-state index in [2.05, 4.69) is 29.9 Å². The maximum absolute atomic E-state index is 14.7. The van der Waals surface area contributed by atoms with Gasteiger partial charge in [-0.1, -0.05) is 84.3 Å². The summed E-state index contributed by atoms with van der Waals surface area (Å²) in [6.45, 7) is 4.03. The first-order valence-corrected chi connectivity index (χ1v) is 27.4. The lowest BCUT2D eigenvalue weighted by Gasteiger charge is -2.27. The van der Waals surface area contributed by atoms with Crippen LogP contribution < -0.4 is 0 Å². The number of aromatic nitrogens is 8. The summed E-state index contributed by atoms with van der Waals surface area (Å²) >= 11 is 12.4. The summed E-state index contributed by atoms with van der Waals surface area (Å²) in [6, 6.07) is 16.3. The first kappa shape index (κ1) is 51.2. The number of rotatable bonds is 12. The fourth-order valence-electron chi connectivity index (χ4n) is 9.88. The van der Waals surface area contributed by atoms with Crippen LogP contribution in [0.3, 0.4) is 0 Å². The Balaban J connectivity index is 0.000000178. The lowest BCUT2D eigenvalue weighted by molar-refractivity contribution is 0.159. The fraction of sp³-hybridized carbons (Fsp3) is 0.346. The molecule has 2 fully saturated rings. The summed E-state index contributed by atoms with van der Waals surface area (Å²) in [7, 11) is -7.95. The highest BCUT2D eigenvalue weighted by Crippen LogP contribution is 2.37. The molecule has 4 atom stereocenters. The molecule has 376 valence electrons. The first-order valence-electron chi connectivity index (χ1n) is 23.7. The van der Waals surface area contributed by atoms with Gasteiger partial charge in [-0.05, 0) is 112 Å². The summed E-state index contributed by atoms with van der Waals surface area (Å²) in [6.07, 6.45) is 16.2. The monoisotopic (exact) mass is 1060 g/mol. The number of aliphatic hydroxyl groups excluding tert-OH is 2. The fourth-order valence-corrected chi connectivity index (χ4v) is 12.8. The van der Waals surface area contributed by atoms with Crippen molar-refractivity contribution >= 4 is 65.3 Å². The van der Waals surface area contributed by atoms with Crippen molar-refractivity contribution in [3.63, 3.8) is 0 Å². The highest BCUT2D eigenvalue weighted by molar-refractivity contribution is 7.90. The molecular weight excluding hydrogens is 1010 g/mol. The van der Waals surface area contributed by atoms with Crippen LogP contribution in [0.4, 0.5) is 8.78 Å². The van der Waals surface area contributed by atoms with Crippen LogP contribution in [-0.2, 0) is 32.9 Å². The zero-order valence-corrected chi connectivity index (χ0v) is 42.6. The lowest BCUT2D eigenvalue weighted by atomic mass is 9.79. The van der Waals surface area contributed by atoms with Crippen molar-refractivity contribution in [3.05, 3.63) is 142 Å². The third-order valence-corrected chi connectivity index (χ3v) is 17.4. The molecule has 2 saturated carbocycles. The van der Waals surface area contributed by atoms with Gasteiger partial charge in [0.2, 0.25) is 0 Å². The van der Waals surface area contributed by atoms with E-state index in [1.54, 1.807) is 60.7 Å². The molecule has 2 aliphatic rings. The van der Waals surface area contributed by atoms with Gasteiger partial charge in [0.25, 0.3) is 20.0 Å². The van der Waals surface area contributed by atoms with Gasteiger partial charge in [-0.2, -0.15) is 0 Å². The summed E-state index contributed by atoms with van der Waals surface area (Å²) in [5.74, 6) is 0.285. The van der Waals surface area contributed by atoms with Gasteiger partial charge in [0, 0.05) is 59.9 Å². The summed E-state index contributed by atoms with van der Waals surface area (Å²) in [5, 5.41) is 20.6. The first-order chi connectivity index (χ1) is 34.5. The van der Waals surface area contributed by atoms with Crippen molar-refractivity contribution in [3.8, 4) is 22.8 Å². The lowest BCUT2D eigenvalue weighted by Crippen LogP contribution is -2.20. The molecule has 2 aromatic carbocycles. The van der Waals surface area contributed by atoms with Gasteiger partial charge in [-0.25, -0.2) is 63.5 Å². The molecule has 2 N–H and O–H groups in total. The summed E-state index contributed by atoms with van der Waals surface area (Å²) in [4.78, 5) is 26.2. The number of nitrogens with zero attached hydrogens (tertiary/aromatic N) is 8.